The van der Waals surface area contributed by atoms with Gasteiger partial charge in [0.15, 0.2) is 5.96 Å². The molecule has 1 aromatic carbocycles. The first-order valence-electron chi connectivity index (χ1n) is 11.0. The third-order valence-electron chi connectivity index (χ3n) is 5.48. The second-order valence-electron chi connectivity index (χ2n) is 7.75. The Hall–Kier alpha value is -1.39. The first kappa shape index (κ1) is 24.9. The van der Waals surface area contributed by atoms with Crippen molar-refractivity contribution in [2.45, 2.75) is 39.2 Å². The third-order valence-corrected chi connectivity index (χ3v) is 5.48. The van der Waals surface area contributed by atoms with Crippen LogP contribution in [0.5, 0.6) is 0 Å². The van der Waals surface area contributed by atoms with Gasteiger partial charge in [0.25, 0.3) is 0 Å². The Morgan fingerprint density at radius 3 is 2.73 bits per heavy atom. The zero-order chi connectivity index (χ0) is 20.3. The molecule has 1 saturated heterocycles. The molecular formula is C22H36IN5O2. The number of carbonyl (C=O) groups excluding carboxylic acids is 1. The van der Waals surface area contributed by atoms with Crippen molar-refractivity contribution in [1.29, 1.82) is 0 Å². The summed E-state index contributed by atoms with van der Waals surface area (Å²) in [6, 6.07) is 7.98. The topological polar surface area (TPSA) is 78.0 Å². The van der Waals surface area contributed by atoms with Crippen molar-refractivity contribution in [3.05, 3.63) is 29.8 Å². The Kier molecular flexibility index (Phi) is 11.5. The predicted molar refractivity (Wildman–Crippen MR) is 133 cm³/mol. The van der Waals surface area contributed by atoms with E-state index in [1.165, 1.54) is 6.42 Å². The average Bonchev–Trinajstić information content (AvgIpc) is 2.69. The number of hydrogen-bond acceptors (Lipinski definition) is 4. The fraction of sp³-hybridized carbons (Fsp3) is 0.636. The lowest BCUT2D eigenvalue weighted by Gasteiger charge is -2.26. The zero-order valence-corrected chi connectivity index (χ0v) is 20.3. The van der Waals surface area contributed by atoms with E-state index in [2.05, 4.69) is 27.8 Å². The number of rotatable bonds is 9. The van der Waals surface area contributed by atoms with Crippen molar-refractivity contribution in [3.63, 3.8) is 0 Å². The van der Waals surface area contributed by atoms with Gasteiger partial charge in [-0.3, -0.25) is 9.69 Å². The van der Waals surface area contributed by atoms with Crippen LogP contribution in [0.3, 0.4) is 0 Å². The highest BCUT2D eigenvalue weighted by molar-refractivity contribution is 14.0. The van der Waals surface area contributed by atoms with Crippen LogP contribution in [-0.4, -0.2) is 62.7 Å². The number of benzene rings is 1. The maximum absolute atomic E-state index is 12.1. The second-order valence-corrected chi connectivity index (χ2v) is 7.75. The number of morpholine rings is 1. The second kappa shape index (κ2) is 13.8. The molecule has 1 amide bonds. The minimum absolute atomic E-state index is 0. The number of anilines is 1. The van der Waals surface area contributed by atoms with Gasteiger partial charge in [-0.25, -0.2) is 4.99 Å². The molecule has 1 heterocycles. The maximum atomic E-state index is 12.1. The van der Waals surface area contributed by atoms with Crippen LogP contribution in [0.4, 0.5) is 5.69 Å². The van der Waals surface area contributed by atoms with Gasteiger partial charge in [-0.15, -0.1) is 24.0 Å². The minimum Gasteiger partial charge on any atom is -0.379 e. The fourth-order valence-corrected chi connectivity index (χ4v) is 3.51. The van der Waals surface area contributed by atoms with Crippen LogP contribution in [0.2, 0.25) is 0 Å². The van der Waals surface area contributed by atoms with Gasteiger partial charge in [0, 0.05) is 37.8 Å². The molecule has 168 valence electrons. The van der Waals surface area contributed by atoms with E-state index < -0.39 is 0 Å². The van der Waals surface area contributed by atoms with Crippen LogP contribution in [0, 0.1) is 5.92 Å². The Balaban J connectivity index is 0.00000320. The van der Waals surface area contributed by atoms with E-state index in [1.54, 1.807) is 0 Å². The van der Waals surface area contributed by atoms with Crippen molar-refractivity contribution < 1.29 is 9.53 Å². The van der Waals surface area contributed by atoms with Gasteiger partial charge in [0.2, 0.25) is 5.91 Å². The summed E-state index contributed by atoms with van der Waals surface area (Å²) < 4.78 is 5.39. The van der Waals surface area contributed by atoms with Gasteiger partial charge >= 0.3 is 0 Å². The lowest BCUT2D eigenvalue weighted by molar-refractivity contribution is -0.122. The summed E-state index contributed by atoms with van der Waals surface area (Å²) in [6.07, 6.45) is 4.27. The van der Waals surface area contributed by atoms with E-state index in [-0.39, 0.29) is 35.8 Å². The molecule has 7 nitrogen and oxygen atoms in total. The van der Waals surface area contributed by atoms with Gasteiger partial charge in [-0.2, -0.15) is 0 Å². The molecule has 3 rings (SSSR count). The first-order chi connectivity index (χ1) is 14.2. The molecule has 1 aliphatic heterocycles. The Labute approximate surface area is 197 Å². The number of nitrogens with one attached hydrogen (secondary N) is 3. The quantitative estimate of drug-likeness (QED) is 0.199. The summed E-state index contributed by atoms with van der Waals surface area (Å²) in [4.78, 5) is 19.3. The number of ether oxygens (including phenoxy) is 1. The molecule has 0 atom stereocenters. The van der Waals surface area contributed by atoms with E-state index in [4.69, 9.17) is 9.73 Å². The summed E-state index contributed by atoms with van der Waals surface area (Å²) in [5.74, 6) is 1.17. The number of carbonyl (C=O) groups is 1. The highest BCUT2D eigenvalue weighted by Gasteiger charge is 2.25. The van der Waals surface area contributed by atoms with E-state index in [0.29, 0.717) is 6.54 Å². The maximum Gasteiger partial charge on any atom is 0.227 e. The van der Waals surface area contributed by atoms with Crippen molar-refractivity contribution in [3.8, 4) is 0 Å². The molecule has 1 aromatic rings. The normalized spacial score (nSPS) is 17.6. The standard InChI is InChI=1S/C22H35N5O2.HI/c1-2-23-22(24-10-5-11-27-12-14-29-15-13-27)25-17-18-6-3-9-20(16-18)26-21(28)19-7-4-8-19;/h3,6,9,16,19H,2,4-5,7-8,10-15,17H2,1H3,(H,26,28)(H2,23,24,25);1H. The number of amides is 1. The number of guanidine groups is 1. The van der Waals surface area contributed by atoms with Gasteiger partial charge in [0.1, 0.15) is 0 Å². The van der Waals surface area contributed by atoms with Crippen molar-refractivity contribution in [2.75, 3.05) is 51.3 Å². The third kappa shape index (κ3) is 8.39. The largest absolute Gasteiger partial charge is 0.379 e. The number of nitrogens with zero attached hydrogens (tertiary/aromatic N) is 2. The molecular weight excluding hydrogens is 493 g/mol. The highest BCUT2D eigenvalue weighted by Crippen LogP contribution is 2.27. The van der Waals surface area contributed by atoms with Gasteiger partial charge in [-0.1, -0.05) is 18.6 Å². The molecule has 0 spiro atoms. The first-order valence-corrected chi connectivity index (χ1v) is 11.0. The van der Waals surface area contributed by atoms with E-state index in [9.17, 15) is 4.79 Å². The fourth-order valence-electron chi connectivity index (χ4n) is 3.51. The Morgan fingerprint density at radius 2 is 2.03 bits per heavy atom. The van der Waals surface area contributed by atoms with Gasteiger partial charge in [-0.05, 0) is 50.4 Å². The molecule has 0 radical (unpaired) electrons. The highest BCUT2D eigenvalue weighted by atomic mass is 127. The molecule has 2 fully saturated rings. The summed E-state index contributed by atoms with van der Waals surface area (Å²) in [6.45, 7) is 9.19. The van der Waals surface area contributed by atoms with Crippen LogP contribution >= 0.6 is 24.0 Å². The minimum atomic E-state index is 0. The van der Waals surface area contributed by atoms with E-state index in [0.717, 1.165) is 82.4 Å². The van der Waals surface area contributed by atoms with Crippen molar-refractivity contribution in [2.24, 2.45) is 10.9 Å². The molecule has 1 saturated carbocycles. The molecule has 8 heteroatoms. The van der Waals surface area contributed by atoms with Crippen LogP contribution in [-0.2, 0) is 16.1 Å². The monoisotopic (exact) mass is 529 g/mol. The average molecular weight is 529 g/mol. The summed E-state index contributed by atoms with van der Waals surface area (Å²) in [7, 11) is 0. The Morgan fingerprint density at radius 1 is 1.23 bits per heavy atom. The summed E-state index contributed by atoms with van der Waals surface area (Å²) in [5.41, 5.74) is 1.94. The summed E-state index contributed by atoms with van der Waals surface area (Å²) >= 11 is 0. The molecule has 0 bridgehead atoms. The number of halogens is 1. The van der Waals surface area contributed by atoms with E-state index >= 15 is 0 Å². The molecule has 3 N–H and O–H groups in total. The molecule has 2 aliphatic rings. The Bertz CT molecular complexity index is 675. The molecule has 1 aliphatic carbocycles. The molecule has 0 aromatic heterocycles. The van der Waals surface area contributed by atoms with Gasteiger partial charge in [0.05, 0.1) is 19.8 Å². The van der Waals surface area contributed by atoms with Crippen LogP contribution in [0.1, 0.15) is 38.2 Å². The summed E-state index contributed by atoms with van der Waals surface area (Å²) in [5, 5.41) is 9.76. The van der Waals surface area contributed by atoms with Crippen molar-refractivity contribution in [1.82, 2.24) is 15.5 Å². The van der Waals surface area contributed by atoms with Crippen LogP contribution in [0.15, 0.2) is 29.3 Å². The van der Waals surface area contributed by atoms with Gasteiger partial charge < -0.3 is 20.7 Å². The van der Waals surface area contributed by atoms with Crippen LogP contribution < -0.4 is 16.0 Å². The molecule has 0 unspecified atom stereocenters. The van der Waals surface area contributed by atoms with Crippen LogP contribution in [0.25, 0.3) is 0 Å². The van der Waals surface area contributed by atoms with Crippen molar-refractivity contribution >= 4 is 41.5 Å². The zero-order valence-electron chi connectivity index (χ0n) is 18.0. The smallest absolute Gasteiger partial charge is 0.227 e. The SMILES string of the molecule is CCNC(=NCc1cccc(NC(=O)C2CCC2)c1)NCCCN1CCOCC1.I. The number of aliphatic imine (C=N–C) groups is 1. The lowest BCUT2D eigenvalue weighted by Crippen LogP contribution is -2.40. The predicted octanol–water partition coefficient (Wildman–Crippen LogP) is 2.82. The number of hydrogen-bond donors (Lipinski definition) is 3. The lowest BCUT2D eigenvalue weighted by atomic mass is 9.85. The van der Waals surface area contributed by atoms with E-state index in [1.807, 2.05) is 24.3 Å². The molecule has 30 heavy (non-hydrogen) atoms.